The molecule has 7 nitrogen and oxygen atoms in total. The smallest absolute Gasteiger partial charge is 0.346 e. The van der Waals surface area contributed by atoms with Crippen molar-refractivity contribution in [1.29, 1.82) is 0 Å². The fourth-order valence-electron chi connectivity index (χ4n) is 3.88. The number of fused-ring (bicyclic) bond motifs is 1. The van der Waals surface area contributed by atoms with Gasteiger partial charge in [-0.3, -0.25) is 4.84 Å². The number of hydrogen-bond acceptors (Lipinski definition) is 5. The van der Waals surface area contributed by atoms with Gasteiger partial charge in [0.25, 0.3) is 6.01 Å². The molecule has 3 N–H and O–H groups in total. The number of anilines is 2. The SMILES string of the molecule is Cc1ccc(-c2ccc3nc(N)oc3c2)cc1NC(=O)N1OCC[C@H]1c1ccccc1. The minimum absolute atomic E-state index is 0.107. The number of nitrogen functional groups attached to an aromatic ring is 1. The monoisotopic (exact) mass is 414 g/mol. The van der Waals surface area contributed by atoms with E-state index >= 15 is 0 Å². The van der Waals surface area contributed by atoms with E-state index in [1.165, 1.54) is 5.06 Å². The summed E-state index contributed by atoms with van der Waals surface area (Å²) in [5.41, 5.74) is 11.6. The normalized spacial score (nSPS) is 16.0. The molecular formula is C24H22N4O3. The van der Waals surface area contributed by atoms with E-state index in [-0.39, 0.29) is 18.1 Å². The van der Waals surface area contributed by atoms with Crippen molar-refractivity contribution in [3.63, 3.8) is 0 Å². The first kappa shape index (κ1) is 19.1. The lowest BCUT2D eigenvalue weighted by Crippen LogP contribution is -2.33. The van der Waals surface area contributed by atoms with E-state index in [4.69, 9.17) is 15.0 Å². The third-order valence-electron chi connectivity index (χ3n) is 5.51. The van der Waals surface area contributed by atoms with Gasteiger partial charge in [-0.1, -0.05) is 48.5 Å². The fourth-order valence-corrected chi connectivity index (χ4v) is 3.88. The molecule has 1 aliphatic heterocycles. The molecule has 0 radical (unpaired) electrons. The molecule has 2 amide bonds. The van der Waals surface area contributed by atoms with E-state index < -0.39 is 0 Å². The predicted molar refractivity (Wildman–Crippen MR) is 119 cm³/mol. The Morgan fingerprint density at radius 3 is 2.71 bits per heavy atom. The van der Waals surface area contributed by atoms with Crippen molar-refractivity contribution in [2.24, 2.45) is 0 Å². The average Bonchev–Trinajstić information content (AvgIpc) is 3.41. The number of carbonyl (C=O) groups is 1. The first-order chi connectivity index (χ1) is 15.1. The van der Waals surface area contributed by atoms with Crippen molar-refractivity contribution < 1.29 is 14.0 Å². The summed E-state index contributed by atoms with van der Waals surface area (Å²) in [4.78, 5) is 22.8. The number of aryl methyl sites for hydroxylation is 1. The van der Waals surface area contributed by atoms with E-state index in [0.29, 0.717) is 17.7 Å². The van der Waals surface area contributed by atoms with Crippen LogP contribution in [-0.4, -0.2) is 22.7 Å². The van der Waals surface area contributed by atoms with Crippen LogP contribution in [0.25, 0.3) is 22.2 Å². The molecule has 1 aliphatic rings. The van der Waals surface area contributed by atoms with Gasteiger partial charge in [0.15, 0.2) is 5.58 Å². The highest BCUT2D eigenvalue weighted by molar-refractivity contribution is 5.91. The Labute approximate surface area is 179 Å². The van der Waals surface area contributed by atoms with Crippen LogP contribution in [0.15, 0.2) is 71.1 Å². The second kappa shape index (κ2) is 7.77. The molecule has 31 heavy (non-hydrogen) atoms. The number of rotatable bonds is 3. The maximum absolute atomic E-state index is 13.0. The van der Waals surface area contributed by atoms with Crippen molar-refractivity contribution in [3.8, 4) is 11.1 Å². The van der Waals surface area contributed by atoms with Crippen LogP contribution in [0.4, 0.5) is 16.5 Å². The zero-order valence-corrected chi connectivity index (χ0v) is 17.0. The lowest BCUT2D eigenvalue weighted by molar-refractivity contribution is -0.0829. The molecule has 0 aliphatic carbocycles. The molecule has 0 bridgehead atoms. The average molecular weight is 414 g/mol. The van der Waals surface area contributed by atoms with Crippen molar-refractivity contribution in [3.05, 3.63) is 77.9 Å². The Hall–Kier alpha value is -3.84. The molecule has 2 heterocycles. The van der Waals surface area contributed by atoms with Crippen molar-refractivity contribution in [2.45, 2.75) is 19.4 Å². The number of hydrogen-bond donors (Lipinski definition) is 2. The van der Waals surface area contributed by atoms with Gasteiger partial charge in [-0.25, -0.2) is 4.79 Å². The first-order valence-corrected chi connectivity index (χ1v) is 10.1. The van der Waals surface area contributed by atoms with Crippen LogP contribution >= 0.6 is 0 Å². The van der Waals surface area contributed by atoms with Gasteiger partial charge in [-0.05, 0) is 47.4 Å². The minimum atomic E-state index is -0.287. The van der Waals surface area contributed by atoms with Gasteiger partial charge >= 0.3 is 6.03 Å². The van der Waals surface area contributed by atoms with E-state index in [1.54, 1.807) is 0 Å². The largest absolute Gasteiger partial charge is 0.424 e. The molecule has 0 spiro atoms. The topological polar surface area (TPSA) is 93.6 Å². The number of nitrogens with one attached hydrogen (secondary N) is 1. The third-order valence-corrected chi connectivity index (χ3v) is 5.51. The molecule has 1 saturated heterocycles. The van der Waals surface area contributed by atoms with Crippen molar-refractivity contribution in [1.82, 2.24) is 10.0 Å². The van der Waals surface area contributed by atoms with Crippen LogP contribution in [0.2, 0.25) is 0 Å². The van der Waals surface area contributed by atoms with Gasteiger partial charge < -0.3 is 15.5 Å². The summed E-state index contributed by atoms with van der Waals surface area (Å²) >= 11 is 0. The highest BCUT2D eigenvalue weighted by Crippen LogP contribution is 2.32. The van der Waals surface area contributed by atoms with Crippen molar-refractivity contribution >= 4 is 28.8 Å². The summed E-state index contributed by atoms with van der Waals surface area (Å²) in [6.45, 7) is 2.46. The summed E-state index contributed by atoms with van der Waals surface area (Å²) < 4.78 is 5.44. The maximum atomic E-state index is 13.0. The van der Waals surface area contributed by atoms with Crippen LogP contribution in [0, 0.1) is 6.92 Å². The summed E-state index contributed by atoms with van der Waals surface area (Å²) in [6.07, 6.45) is 0.761. The molecule has 0 saturated carbocycles. The highest BCUT2D eigenvalue weighted by Gasteiger charge is 2.32. The molecular weight excluding hydrogens is 392 g/mol. The van der Waals surface area contributed by atoms with Gasteiger partial charge in [-0.15, -0.1) is 0 Å². The highest BCUT2D eigenvalue weighted by atomic mass is 16.7. The number of aromatic nitrogens is 1. The number of hydroxylamine groups is 2. The second-order valence-corrected chi connectivity index (χ2v) is 7.57. The van der Waals surface area contributed by atoms with Crippen LogP contribution in [-0.2, 0) is 4.84 Å². The Bertz CT molecular complexity index is 1250. The first-order valence-electron chi connectivity index (χ1n) is 10.1. The van der Waals surface area contributed by atoms with E-state index in [1.807, 2.05) is 73.7 Å². The Balaban J connectivity index is 1.40. The summed E-state index contributed by atoms with van der Waals surface area (Å²) in [5, 5.41) is 4.44. The predicted octanol–water partition coefficient (Wildman–Crippen LogP) is 5.30. The number of benzene rings is 3. The lowest BCUT2D eigenvalue weighted by Gasteiger charge is -2.23. The number of carbonyl (C=O) groups excluding carboxylic acids is 1. The molecule has 1 fully saturated rings. The van der Waals surface area contributed by atoms with Crippen LogP contribution in [0.3, 0.4) is 0 Å². The Morgan fingerprint density at radius 1 is 1.10 bits per heavy atom. The Morgan fingerprint density at radius 2 is 1.87 bits per heavy atom. The van der Waals surface area contributed by atoms with Gasteiger partial charge in [0.1, 0.15) is 5.52 Å². The Kier molecular flexibility index (Phi) is 4.80. The van der Waals surface area contributed by atoms with Crippen LogP contribution < -0.4 is 11.1 Å². The summed E-state index contributed by atoms with van der Waals surface area (Å²) in [5.74, 6) is 0. The number of amides is 2. The van der Waals surface area contributed by atoms with Gasteiger partial charge in [0.05, 0.1) is 12.6 Å². The summed E-state index contributed by atoms with van der Waals surface area (Å²) in [6, 6.07) is 21.3. The van der Waals surface area contributed by atoms with E-state index in [2.05, 4.69) is 10.3 Å². The lowest BCUT2D eigenvalue weighted by atomic mass is 10.0. The molecule has 3 aromatic carbocycles. The molecule has 4 aromatic rings. The zero-order chi connectivity index (χ0) is 21.4. The molecule has 5 rings (SSSR count). The van der Waals surface area contributed by atoms with E-state index in [9.17, 15) is 4.79 Å². The van der Waals surface area contributed by atoms with Crippen molar-refractivity contribution in [2.75, 3.05) is 17.7 Å². The number of urea groups is 1. The van der Waals surface area contributed by atoms with Gasteiger partial charge in [0, 0.05) is 12.1 Å². The maximum Gasteiger partial charge on any atom is 0.346 e. The number of oxazole rings is 1. The molecule has 1 aromatic heterocycles. The summed E-state index contributed by atoms with van der Waals surface area (Å²) in [7, 11) is 0. The second-order valence-electron chi connectivity index (χ2n) is 7.57. The van der Waals surface area contributed by atoms with Gasteiger partial charge in [-0.2, -0.15) is 10.0 Å². The number of nitrogens with two attached hydrogens (primary N) is 1. The molecule has 1 atom stereocenters. The molecule has 156 valence electrons. The van der Waals surface area contributed by atoms with Crippen LogP contribution in [0.1, 0.15) is 23.6 Å². The molecule has 7 heteroatoms. The third kappa shape index (κ3) is 3.71. The van der Waals surface area contributed by atoms with E-state index in [0.717, 1.165) is 34.4 Å². The van der Waals surface area contributed by atoms with Gasteiger partial charge in [0.2, 0.25) is 0 Å². The molecule has 0 unspecified atom stereocenters. The zero-order valence-electron chi connectivity index (χ0n) is 17.0. The number of nitrogens with zero attached hydrogens (tertiary/aromatic N) is 2. The fraction of sp³-hybridized carbons (Fsp3) is 0.167. The quantitative estimate of drug-likeness (QED) is 0.475. The minimum Gasteiger partial charge on any atom is -0.424 e. The van der Waals surface area contributed by atoms with Crippen LogP contribution in [0.5, 0.6) is 0 Å². The standard InChI is InChI=1S/C24H22N4O3/c1-15-7-8-17(18-9-10-19-22(14-18)31-23(25)26-19)13-20(15)27-24(29)28-21(11-12-30-28)16-5-3-2-4-6-16/h2-10,13-14,21H,11-12H2,1H3,(H2,25,26)(H,27,29)/t21-/m0/s1.